The molecule has 6 heteroatoms. The molecule has 0 atom stereocenters. The predicted molar refractivity (Wildman–Crippen MR) is 81.5 cm³/mol. The van der Waals surface area contributed by atoms with E-state index in [9.17, 15) is 19.2 Å². The summed E-state index contributed by atoms with van der Waals surface area (Å²) < 4.78 is 18.5. The summed E-state index contributed by atoms with van der Waals surface area (Å²) in [6.45, 7) is 0.976. The predicted octanol–water partition coefficient (Wildman–Crippen LogP) is 2.75. The number of nitrogens with one attached hydrogen (secondary N) is 1. The quantitative estimate of drug-likeness (QED) is 0.847. The molecule has 1 amide bonds. The molecule has 0 bridgehead atoms. The summed E-state index contributed by atoms with van der Waals surface area (Å²) >= 11 is 0. The van der Waals surface area contributed by atoms with Gasteiger partial charge in [0, 0.05) is 0 Å². The number of Topliss-reactive ketones (excluding diaryl/α,β-unsaturated/α-hetero) is 1. The molecule has 1 aromatic rings. The first-order chi connectivity index (χ1) is 11.0. The van der Waals surface area contributed by atoms with E-state index >= 15 is 0 Å². The molecule has 23 heavy (non-hydrogen) atoms. The van der Waals surface area contributed by atoms with Gasteiger partial charge in [0.25, 0.3) is 5.91 Å². The number of nitriles is 1. The van der Waals surface area contributed by atoms with Gasteiger partial charge in [0.1, 0.15) is 17.1 Å². The molecule has 0 saturated heterocycles. The standard InChI is InChI=1S/C17H19FN2O3/c1-12(21)14-9-13(18)5-6-15(14)23-10-16(22)20-17(11-19)7-3-2-4-8-17/h5-6,9H,2-4,7-8,10H2,1H3,(H,20,22). The van der Waals surface area contributed by atoms with Crippen LogP contribution in [0.3, 0.4) is 0 Å². The summed E-state index contributed by atoms with van der Waals surface area (Å²) in [6.07, 6.45) is 4.13. The second-order valence-corrected chi connectivity index (χ2v) is 5.79. The Balaban J connectivity index is 1.99. The number of rotatable bonds is 5. The van der Waals surface area contributed by atoms with Gasteiger partial charge in [-0.05, 0) is 38.0 Å². The minimum Gasteiger partial charge on any atom is -0.483 e. The first-order valence-electron chi connectivity index (χ1n) is 7.61. The van der Waals surface area contributed by atoms with E-state index in [0.29, 0.717) is 12.8 Å². The molecule has 0 spiro atoms. The average Bonchev–Trinajstić information content (AvgIpc) is 2.54. The minimum atomic E-state index is -0.828. The molecule has 0 aliphatic heterocycles. The van der Waals surface area contributed by atoms with E-state index in [1.807, 2.05) is 0 Å². The molecule has 2 rings (SSSR count). The van der Waals surface area contributed by atoms with Crippen LogP contribution in [0.4, 0.5) is 4.39 Å². The summed E-state index contributed by atoms with van der Waals surface area (Å²) in [4.78, 5) is 23.5. The van der Waals surface area contributed by atoms with Crippen molar-refractivity contribution in [2.24, 2.45) is 0 Å². The van der Waals surface area contributed by atoms with E-state index < -0.39 is 17.3 Å². The van der Waals surface area contributed by atoms with Gasteiger partial charge in [-0.2, -0.15) is 5.26 Å². The SMILES string of the molecule is CC(=O)c1cc(F)ccc1OCC(=O)NC1(C#N)CCCCC1. The number of amides is 1. The molecule has 1 saturated carbocycles. The molecule has 0 heterocycles. The first kappa shape index (κ1) is 16.9. The van der Waals surface area contributed by atoms with E-state index in [1.165, 1.54) is 13.0 Å². The number of carbonyl (C=O) groups excluding carboxylic acids is 2. The minimum absolute atomic E-state index is 0.0884. The second kappa shape index (κ2) is 7.23. The van der Waals surface area contributed by atoms with Gasteiger partial charge < -0.3 is 10.1 Å². The van der Waals surface area contributed by atoms with E-state index in [4.69, 9.17) is 4.74 Å². The van der Waals surface area contributed by atoms with Crippen LogP contribution < -0.4 is 10.1 Å². The Labute approximate surface area is 134 Å². The van der Waals surface area contributed by atoms with Crippen molar-refractivity contribution in [3.63, 3.8) is 0 Å². The lowest BCUT2D eigenvalue weighted by molar-refractivity contribution is -0.124. The lowest BCUT2D eigenvalue weighted by atomic mass is 9.83. The zero-order valence-electron chi connectivity index (χ0n) is 13.0. The van der Waals surface area contributed by atoms with Crippen LogP contribution in [-0.4, -0.2) is 23.8 Å². The van der Waals surface area contributed by atoms with Crippen molar-refractivity contribution in [1.82, 2.24) is 5.32 Å². The van der Waals surface area contributed by atoms with Gasteiger partial charge in [-0.25, -0.2) is 4.39 Å². The first-order valence-corrected chi connectivity index (χ1v) is 7.61. The number of hydrogen-bond donors (Lipinski definition) is 1. The summed E-state index contributed by atoms with van der Waals surface area (Å²) in [5, 5.41) is 12.1. The number of carbonyl (C=O) groups is 2. The molecule has 0 aromatic heterocycles. The van der Waals surface area contributed by atoms with Crippen LogP contribution in [0.1, 0.15) is 49.4 Å². The molecular formula is C17H19FN2O3. The highest BCUT2D eigenvalue weighted by atomic mass is 19.1. The van der Waals surface area contributed by atoms with Crippen molar-refractivity contribution >= 4 is 11.7 Å². The maximum atomic E-state index is 13.2. The Bertz CT molecular complexity index is 646. The average molecular weight is 318 g/mol. The van der Waals surface area contributed by atoms with Crippen LogP contribution in [0.2, 0.25) is 0 Å². The third-order valence-corrected chi connectivity index (χ3v) is 3.98. The van der Waals surface area contributed by atoms with Crippen molar-refractivity contribution in [2.75, 3.05) is 6.61 Å². The lowest BCUT2D eigenvalue weighted by Gasteiger charge is -2.31. The smallest absolute Gasteiger partial charge is 0.259 e. The topological polar surface area (TPSA) is 79.2 Å². The Morgan fingerprint density at radius 2 is 2.04 bits per heavy atom. The van der Waals surface area contributed by atoms with Crippen molar-refractivity contribution in [3.05, 3.63) is 29.6 Å². The van der Waals surface area contributed by atoms with Crippen LogP contribution in [0, 0.1) is 17.1 Å². The Kier molecular flexibility index (Phi) is 5.32. The van der Waals surface area contributed by atoms with E-state index in [0.717, 1.165) is 31.4 Å². The van der Waals surface area contributed by atoms with Gasteiger partial charge in [0.15, 0.2) is 12.4 Å². The van der Waals surface area contributed by atoms with Crippen molar-refractivity contribution in [3.8, 4) is 11.8 Å². The zero-order chi connectivity index (χ0) is 16.9. The van der Waals surface area contributed by atoms with Crippen LogP contribution in [-0.2, 0) is 4.79 Å². The van der Waals surface area contributed by atoms with Crippen LogP contribution in [0.25, 0.3) is 0 Å². The Morgan fingerprint density at radius 1 is 1.35 bits per heavy atom. The van der Waals surface area contributed by atoms with Gasteiger partial charge >= 0.3 is 0 Å². The highest BCUT2D eigenvalue weighted by Gasteiger charge is 2.33. The summed E-state index contributed by atoms with van der Waals surface area (Å²) in [5.41, 5.74) is -0.740. The fourth-order valence-electron chi connectivity index (χ4n) is 2.77. The van der Waals surface area contributed by atoms with Gasteiger partial charge in [-0.15, -0.1) is 0 Å². The van der Waals surface area contributed by atoms with E-state index in [1.54, 1.807) is 0 Å². The Hall–Kier alpha value is -2.42. The monoisotopic (exact) mass is 318 g/mol. The molecule has 1 aliphatic carbocycles. The zero-order valence-corrected chi connectivity index (χ0v) is 13.0. The fraction of sp³-hybridized carbons (Fsp3) is 0.471. The molecule has 5 nitrogen and oxygen atoms in total. The highest BCUT2D eigenvalue weighted by Crippen LogP contribution is 2.27. The van der Waals surface area contributed by atoms with E-state index in [2.05, 4.69) is 11.4 Å². The largest absolute Gasteiger partial charge is 0.483 e. The molecule has 1 aromatic carbocycles. The van der Waals surface area contributed by atoms with Gasteiger partial charge in [-0.1, -0.05) is 19.3 Å². The third kappa shape index (κ3) is 4.28. The van der Waals surface area contributed by atoms with Crippen LogP contribution in [0.15, 0.2) is 18.2 Å². The maximum absolute atomic E-state index is 13.2. The summed E-state index contributed by atoms with van der Waals surface area (Å²) in [5.74, 6) is -1.16. The number of benzene rings is 1. The van der Waals surface area contributed by atoms with Gasteiger partial charge in [0.2, 0.25) is 0 Å². The van der Waals surface area contributed by atoms with Gasteiger partial charge in [-0.3, -0.25) is 9.59 Å². The third-order valence-electron chi connectivity index (χ3n) is 3.98. The van der Waals surface area contributed by atoms with E-state index in [-0.39, 0.29) is 23.7 Å². The molecule has 1 aliphatic rings. The van der Waals surface area contributed by atoms with Crippen molar-refractivity contribution < 1.29 is 18.7 Å². The molecule has 122 valence electrons. The number of nitrogens with zero attached hydrogens (tertiary/aromatic N) is 1. The molecule has 1 N–H and O–H groups in total. The summed E-state index contributed by atoms with van der Waals surface area (Å²) in [7, 11) is 0. The maximum Gasteiger partial charge on any atom is 0.259 e. The van der Waals surface area contributed by atoms with Crippen LogP contribution in [0.5, 0.6) is 5.75 Å². The molecule has 0 unspecified atom stereocenters. The van der Waals surface area contributed by atoms with Crippen molar-refractivity contribution in [1.29, 1.82) is 5.26 Å². The number of halogens is 1. The fourth-order valence-corrected chi connectivity index (χ4v) is 2.77. The number of ketones is 1. The molecule has 0 radical (unpaired) electrons. The van der Waals surface area contributed by atoms with Crippen LogP contribution >= 0.6 is 0 Å². The number of ether oxygens (including phenoxy) is 1. The number of hydrogen-bond acceptors (Lipinski definition) is 4. The molecular weight excluding hydrogens is 299 g/mol. The molecule has 1 fully saturated rings. The summed E-state index contributed by atoms with van der Waals surface area (Å²) in [6, 6.07) is 5.75. The lowest BCUT2D eigenvalue weighted by Crippen LogP contribution is -2.50. The van der Waals surface area contributed by atoms with Gasteiger partial charge in [0.05, 0.1) is 11.6 Å². The van der Waals surface area contributed by atoms with Crippen molar-refractivity contribution in [2.45, 2.75) is 44.6 Å². The Morgan fingerprint density at radius 3 is 2.65 bits per heavy atom. The normalized spacial score (nSPS) is 16.2. The second-order valence-electron chi connectivity index (χ2n) is 5.79. The highest BCUT2D eigenvalue weighted by molar-refractivity contribution is 5.96.